The Hall–Kier alpha value is -2.14. The number of rotatable bonds is 3. The number of para-hydroxylation sites is 1. The lowest BCUT2D eigenvalue weighted by Crippen LogP contribution is -2.00. The van der Waals surface area contributed by atoms with E-state index in [1.54, 1.807) is 12.1 Å². The van der Waals surface area contributed by atoms with E-state index in [0.29, 0.717) is 0 Å². The molecule has 5 heteroatoms. The number of hydrogen-bond donors (Lipinski definition) is 2. The van der Waals surface area contributed by atoms with Crippen LogP contribution in [0.3, 0.4) is 0 Å². The largest absolute Gasteiger partial charge is 0.507 e. The average molecular weight is 248 g/mol. The molecule has 0 bridgehead atoms. The summed E-state index contributed by atoms with van der Waals surface area (Å²) in [6.07, 6.45) is 0. The molecule has 0 saturated carbocycles. The Morgan fingerprint density at radius 3 is 2.47 bits per heavy atom. The molecule has 86 valence electrons. The van der Waals surface area contributed by atoms with Gasteiger partial charge in [-0.25, -0.2) is 4.79 Å². The number of benzene rings is 1. The molecular weight excluding hydrogens is 240 g/mol. The molecule has 0 amide bonds. The molecule has 0 saturated heterocycles. The third-order valence-corrected chi connectivity index (χ3v) is 3.14. The molecular formula is C12H8O4S. The van der Waals surface area contributed by atoms with Crippen LogP contribution in [0.4, 0.5) is 0 Å². The number of carboxylic acid groups (broad SMARTS) is 1. The van der Waals surface area contributed by atoms with Gasteiger partial charge in [-0.1, -0.05) is 12.1 Å². The van der Waals surface area contributed by atoms with Gasteiger partial charge in [-0.05, 0) is 18.2 Å². The van der Waals surface area contributed by atoms with Crippen LogP contribution < -0.4 is 0 Å². The molecule has 0 fully saturated rings. The highest BCUT2D eigenvalue weighted by Crippen LogP contribution is 2.23. The van der Waals surface area contributed by atoms with Gasteiger partial charge in [-0.15, -0.1) is 11.3 Å². The van der Waals surface area contributed by atoms with Crippen molar-refractivity contribution in [3.05, 3.63) is 51.7 Å². The maximum absolute atomic E-state index is 12.0. The van der Waals surface area contributed by atoms with Crippen LogP contribution in [0.1, 0.15) is 25.6 Å². The summed E-state index contributed by atoms with van der Waals surface area (Å²) >= 11 is 0.984. The zero-order chi connectivity index (χ0) is 12.4. The summed E-state index contributed by atoms with van der Waals surface area (Å²) in [4.78, 5) is 22.7. The summed E-state index contributed by atoms with van der Waals surface area (Å²) in [6, 6.07) is 7.47. The van der Waals surface area contributed by atoms with E-state index in [0.717, 1.165) is 11.3 Å². The van der Waals surface area contributed by atoms with Crippen LogP contribution in [-0.4, -0.2) is 22.0 Å². The Bertz CT molecular complexity index is 586. The number of aromatic hydroxyl groups is 1. The van der Waals surface area contributed by atoms with Crippen molar-refractivity contribution in [2.75, 3.05) is 0 Å². The quantitative estimate of drug-likeness (QED) is 0.818. The summed E-state index contributed by atoms with van der Waals surface area (Å²) in [5.41, 5.74) is 0.441. The molecule has 0 spiro atoms. The number of phenols is 1. The summed E-state index contributed by atoms with van der Waals surface area (Å²) in [6.45, 7) is 0. The number of aromatic carboxylic acids is 1. The first-order valence-electron chi connectivity index (χ1n) is 4.74. The predicted molar refractivity (Wildman–Crippen MR) is 62.8 cm³/mol. The molecule has 2 aromatic rings. The first-order valence-corrected chi connectivity index (χ1v) is 5.62. The summed E-state index contributed by atoms with van der Waals surface area (Å²) < 4.78 is 0. The molecule has 17 heavy (non-hydrogen) atoms. The molecule has 0 aliphatic carbocycles. The minimum Gasteiger partial charge on any atom is -0.507 e. The second-order valence-corrected chi connectivity index (χ2v) is 4.26. The lowest BCUT2D eigenvalue weighted by atomic mass is 10.1. The minimum absolute atomic E-state index is 0.101. The average Bonchev–Trinajstić information content (AvgIpc) is 2.78. The zero-order valence-corrected chi connectivity index (χ0v) is 9.40. The van der Waals surface area contributed by atoms with Gasteiger partial charge in [0, 0.05) is 10.9 Å². The molecule has 0 radical (unpaired) electrons. The maximum atomic E-state index is 12.0. The van der Waals surface area contributed by atoms with Gasteiger partial charge >= 0.3 is 5.97 Å². The van der Waals surface area contributed by atoms with Crippen LogP contribution in [0.25, 0.3) is 0 Å². The van der Waals surface area contributed by atoms with Gasteiger partial charge in [0.05, 0.1) is 5.56 Å². The summed E-state index contributed by atoms with van der Waals surface area (Å²) in [5, 5.41) is 19.7. The molecule has 0 unspecified atom stereocenters. The number of thiophene rings is 1. The highest BCUT2D eigenvalue weighted by Gasteiger charge is 2.16. The predicted octanol–water partition coefficient (Wildman–Crippen LogP) is 2.38. The summed E-state index contributed by atoms with van der Waals surface area (Å²) in [5.74, 6) is -1.56. The number of hydrogen-bond acceptors (Lipinski definition) is 4. The number of ketones is 1. The Labute approximate surface area is 101 Å². The Morgan fingerprint density at radius 1 is 1.18 bits per heavy atom. The Kier molecular flexibility index (Phi) is 2.93. The van der Waals surface area contributed by atoms with E-state index < -0.39 is 5.97 Å². The fourth-order valence-electron chi connectivity index (χ4n) is 1.39. The summed E-state index contributed by atoms with van der Waals surface area (Å²) in [7, 11) is 0. The van der Waals surface area contributed by atoms with Crippen LogP contribution in [0.2, 0.25) is 0 Å². The third-order valence-electron chi connectivity index (χ3n) is 2.22. The second kappa shape index (κ2) is 4.39. The standard InChI is InChI=1S/C12H8O4S/c13-9-4-2-1-3-8(9)11(14)7-5-10(12(15)16)17-6-7/h1-6,13H,(H,15,16). The topological polar surface area (TPSA) is 74.6 Å². The zero-order valence-electron chi connectivity index (χ0n) is 8.58. The molecule has 2 N–H and O–H groups in total. The second-order valence-electron chi connectivity index (χ2n) is 3.35. The van der Waals surface area contributed by atoms with Gasteiger partial charge in [0.2, 0.25) is 0 Å². The molecule has 1 heterocycles. The molecule has 0 atom stereocenters. The number of carboxylic acids is 1. The number of carbonyl (C=O) groups is 2. The molecule has 0 aliphatic rings. The maximum Gasteiger partial charge on any atom is 0.345 e. The fourth-order valence-corrected chi connectivity index (χ4v) is 2.11. The molecule has 4 nitrogen and oxygen atoms in total. The van der Waals surface area contributed by atoms with Crippen LogP contribution in [0.15, 0.2) is 35.7 Å². The van der Waals surface area contributed by atoms with Gasteiger partial charge in [-0.3, -0.25) is 4.79 Å². The molecule has 0 aliphatic heterocycles. The van der Waals surface area contributed by atoms with E-state index in [4.69, 9.17) is 5.11 Å². The van der Waals surface area contributed by atoms with Crippen LogP contribution in [0, 0.1) is 0 Å². The van der Waals surface area contributed by atoms with Gasteiger partial charge in [0.1, 0.15) is 10.6 Å². The first kappa shape index (κ1) is 11.3. The number of phenolic OH excluding ortho intramolecular Hbond substituents is 1. The van der Waals surface area contributed by atoms with E-state index in [9.17, 15) is 14.7 Å². The Balaban J connectivity index is 2.37. The Morgan fingerprint density at radius 2 is 1.88 bits per heavy atom. The van der Waals surface area contributed by atoms with Crippen molar-refractivity contribution in [3.8, 4) is 5.75 Å². The third kappa shape index (κ3) is 2.19. The van der Waals surface area contributed by atoms with Crippen molar-refractivity contribution in [3.63, 3.8) is 0 Å². The minimum atomic E-state index is -1.06. The van der Waals surface area contributed by atoms with E-state index >= 15 is 0 Å². The lowest BCUT2D eigenvalue weighted by Gasteiger charge is -2.00. The highest BCUT2D eigenvalue weighted by atomic mass is 32.1. The normalized spacial score (nSPS) is 10.1. The molecule has 1 aromatic heterocycles. The lowest BCUT2D eigenvalue weighted by molar-refractivity contribution is 0.0702. The van der Waals surface area contributed by atoms with Crippen molar-refractivity contribution in [1.29, 1.82) is 0 Å². The van der Waals surface area contributed by atoms with Crippen LogP contribution in [-0.2, 0) is 0 Å². The fraction of sp³-hybridized carbons (Fsp3) is 0. The molecule has 1 aromatic carbocycles. The van der Waals surface area contributed by atoms with Crippen molar-refractivity contribution >= 4 is 23.1 Å². The smallest absolute Gasteiger partial charge is 0.345 e. The van der Waals surface area contributed by atoms with E-state index in [-0.39, 0.29) is 27.5 Å². The van der Waals surface area contributed by atoms with Crippen LogP contribution >= 0.6 is 11.3 Å². The van der Waals surface area contributed by atoms with Crippen molar-refractivity contribution < 1.29 is 19.8 Å². The first-order chi connectivity index (χ1) is 8.09. The van der Waals surface area contributed by atoms with Gasteiger partial charge < -0.3 is 10.2 Å². The number of carbonyl (C=O) groups excluding carboxylic acids is 1. The van der Waals surface area contributed by atoms with Crippen molar-refractivity contribution in [1.82, 2.24) is 0 Å². The SMILES string of the molecule is O=C(O)c1cc(C(=O)c2ccccc2O)cs1. The van der Waals surface area contributed by atoms with Gasteiger partial charge in [0.25, 0.3) is 0 Å². The molecule has 2 rings (SSSR count). The van der Waals surface area contributed by atoms with E-state index in [1.807, 2.05) is 0 Å². The van der Waals surface area contributed by atoms with Crippen molar-refractivity contribution in [2.45, 2.75) is 0 Å². The van der Waals surface area contributed by atoms with Crippen molar-refractivity contribution in [2.24, 2.45) is 0 Å². The van der Waals surface area contributed by atoms with Gasteiger partial charge in [-0.2, -0.15) is 0 Å². The van der Waals surface area contributed by atoms with E-state index in [1.165, 1.54) is 23.6 Å². The van der Waals surface area contributed by atoms with Crippen LogP contribution in [0.5, 0.6) is 5.75 Å². The van der Waals surface area contributed by atoms with E-state index in [2.05, 4.69) is 0 Å². The van der Waals surface area contributed by atoms with Gasteiger partial charge in [0.15, 0.2) is 5.78 Å². The highest BCUT2D eigenvalue weighted by molar-refractivity contribution is 7.12. The monoisotopic (exact) mass is 248 g/mol.